The molecule has 0 spiro atoms. The molecule has 1 saturated carbocycles. The van der Waals surface area contributed by atoms with Crippen LogP contribution in [0.3, 0.4) is 0 Å². The van der Waals surface area contributed by atoms with Crippen molar-refractivity contribution in [3.8, 4) is 0 Å². The molecule has 0 amide bonds. The Bertz CT molecular complexity index is 436. The third-order valence-corrected chi connectivity index (χ3v) is 3.16. The topological polar surface area (TPSA) is 12.4 Å². The van der Waals surface area contributed by atoms with Crippen LogP contribution in [0, 0.1) is 5.92 Å². The van der Waals surface area contributed by atoms with E-state index in [1.165, 1.54) is 18.6 Å². The molecule has 0 radical (unpaired) electrons. The molecule has 0 unspecified atom stereocenters. The van der Waals surface area contributed by atoms with E-state index in [1.54, 1.807) is 0 Å². The molecule has 96 valence electrons. The molecule has 1 fully saturated rings. The highest BCUT2D eigenvalue weighted by Gasteiger charge is 2.23. The SMILES string of the molecule is C=C(C)C(=C)c1ccccc1.CN=C(C)C1CC1. The van der Waals surface area contributed by atoms with Crippen LogP contribution in [0.25, 0.3) is 5.57 Å². The van der Waals surface area contributed by atoms with Crippen LogP contribution < -0.4 is 0 Å². The predicted molar refractivity (Wildman–Crippen MR) is 82.0 cm³/mol. The normalized spacial score (nSPS) is 14.5. The van der Waals surface area contributed by atoms with Crippen molar-refractivity contribution in [2.75, 3.05) is 7.05 Å². The highest BCUT2D eigenvalue weighted by molar-refractivity contribution is 5.86. The van der Waals surface area contributed by atoms with E-state index in [0.29, 0.717) is 0 Å². The summed E-state index contributed by atoms with van der Waals surface area (Å²) in [7, 11) is 1.87. The van der Waals surface area contributed by atoms with Crippen molar-refractivity contribution in [1.29, 1.82) is 0 Å². The van der Waals surface area contributed by atoms with Gasteiger partial charge in [-0.1, -0.05) is 49.1 Å². The summed E-state index contributed by atoms with van der Waals surface area (Å²) in [5.74, 6) is 0.866. The van der Waals surface area contributed by atoms with Gasteiger partial charge in [-0.3, -0.25) is 4.99 Å². The molecule has 0 heterocycles. The maximum absolute atomic E-state index is 4.07. The Labute approximate surface area is 111 Å². The molecule has 0 atom stereocenters. The Balaban J connectivity index is 0.000000199. The Kier molecular flexibility index (Phi) is 5.57. The van der Waals surface area contributed by atoms with Gasteiger partial charge in [0.1, 0.15) is 0 Å². The molecular formula is C17H23N. The van der Waals surface area contributed by atoms with Crippen molar-refractivity contribution in [2.24, 2.45) is 10.9 Å². The minimum atomic E-state index is 0.866. The van der Waals surface area contributed by atoms with E-state index in [-0.39, 0.29) is 0 Å². The highest BCUT2D eigenvalue weighted by atomic mass is 14.7. The van der Waals surface area contributed by atoms with Crippen LogP contribution in [0.2, 0.25) is 0 Å². The lowest BCUT2D eigenvalue weighted by atomic mass is 10.0. The number of allylic oxidation sites excluding steroid dienone is 2. The molecule has 0 bridgehead atoms. The average Bonchev–Trinajstić information content (AvgIpc) is 3.23. The van der Waals surface area contributed by atoms with Gasteiger partial charge in [0.2, 0.25) is 0 Å². The molecule has 1 aromatic carbocycles. The average molecular weight is 241 g/mol. The maximum Gasteiger partial charge on any atom is 0.0276 e. The first-order chi connectivity index (χ1) is 8.56. The second-order valence-corrected chi connectivity index (χ2v) is 4.76. The fraction of sp³-hybridized carbons (Fsp3) is 0.353. The molecule has 1 nitrogen and oxygen atoms in total. The maximum atomic E-state index is 4.07. The number of nitrogens with zero attached hydrogens (tertiary/aromatic N) is 1. The van der Waals surface area contributed by atoms with Gasteiger partial charge in [-0.25, -0.2) is 0 Å². The van der Waals surface area contributed by atoms with Crippen molar-refractivity contribution in [1.82, 2.24) is 0 Å². The molecule has 1 aliphatic rings. The van der Waals surface area contributed by atoms with Crippen molar-refractivity contribution in [3.05, 3.63) is 54.6 Å². The third kappa shape index (κ3) is 4.70. The van der Waals surface area contributed by atoms with Crippen LogP contribution >= 0.6 is 0 Å². The highest BCUT2D eigenvalue weighted by Crippen LogP contribution is 2.29. The summed E-state index contributed by atoms with van der Waals surface area (Å²) < 4.78 is 0. The smallest absolute Gasteiger partial charge is 0.0276 e. The van der Waals surface area contributed by atoms with Gasteiger partial charge < -0.3 is 0 Å². The molecule has 0 saturated heterocycles. The monoisotopic (exact) mass is 241 g/mol. The van der Waals surface area contributed by atoms with E-state index in [0.717, 1.165) is 22.6 Å². The summed E-state index contributed by atoms with van der Waals surface area (Å²) in [6.45, 7) is 11.8. The molecule has 1 aliphatic carbocycles. The summed E-state index contributed by atoms with van der Waals surface area (Å²) >= 11 is 0. The number of rotatable bonds is 3. The first kappa shape index (κ1) is 14.4. The fourth-order valence-corrected chi connectivity index (χ4v) is 1.57. The number of hydrogen-bond acceptors (Lipinski definition) is 1. The van der Waals surface area contributed by atoms with Crippen LogP contribution in [0.1, 0.15) is 32.3 Å². The third-order valence-electron chi connectivity index (χ3n) is 3.16. The minimum absolute atomic E-state index is 0.866. The van der Waals surface area contributed by atoms with Crippen molar-refractivity contribution < 1.29 is 0 Å². The van der Waals surface area contributed by atoms with Gasteiger partial charge in [0.25, 0.3) is 0 Å². The molecule has 0 aromatic heterocycles. The van der Waals surface area contributed by atoms with Crippen LogP contribution in [0.4, 0.5) is 0 Å². The van der Waals surface area contributed by atoms with E-state index in [4.69, 9.17) is 0 Å². The second kappa shape index (κ2) is 6.95. The van der Waals surface area contributed by atoms with Crippen molar-refractivity contribution in [2.45, 2.75) is 26.7 Å². The molecule has 1 heteroatoms. The number of benzene rings is 1. The lowest BCUT2D eigenvalue weighted by Crippen LogP contribution is -1.90. The Morgan fingerprint density at radius 2 is 1.67 bits per heavy atom. The quantitative estimate of drug-likeness (QED) is 0.534. The van der Waals surface area contributed by atoms with Crippen molar-refractivity contribution >= 4 is 11.3 Å². The summed E-state index contributed by atoms with van der Waals surface area (Å²) in [5, 5.41) is 0. The van der Waals surface area contributed by atoms with Gasteiger partial charge >= 0.3 is 0 Å². The van der Waals surface area contributed by atoms with Crippen molar-refractivity contribution in [3.63, 3.8) is 0 Å². The largest absolute Gasteiger partial charge is 0.297 e. The van der Waals surface area contributed by atoms with Gasteiger partial charge in [-0.05, 0) is 43.7 Å². The lowest BCUT2D eigenvalue weighted by Gasteiger charge is -2.02. The molecule has 1 aromatic rings. The zero-order valence-corrected chi connectivity index (χ0v) is 11.7. The lowest BCUT2D eigenvalue weighted by molar-refractivity contribution is 1.15. The molecule has 0 N–H and O–H groups in total. The summed E-state index contributed by atoms with van der Waals surface area (Å²) in [4.78, 5) is 4.07. The molecule has 2 rings (SSSR count). The fourth-order valence-electron chi connectivity index (χ4n) is 1.57. The van der Waals surface area contributed by atoms with Crippen LogP contribution in [-0.2, 0) is 0 Å². The van der Waals surface area contributed by atoms with E-state index >= 15 is 0 Å². The van der Waals surface area contributed by atoms with Gasteiger partial charge in [0.05, 0.1) is 0 Å². The second-order valence-electron chi connectivity index (χ2n) is 4.76. The van der Waals surface area contributed by atoms with Gasteiger partial charge in [0.15, 0.2) is 0 Å². The predicted octanol–water partition coefficient (Wildman–Crippen LogP) is 4.76. The Hall–Kier alpha value is -1.63. The number of hydrogen-bond donors (Lipinski definition) is 0. The van der Waals surface area contributed by atoms with Crippen LogP contribution in [0.15, 0.2) is 54.1 Å². The molecule has 18 heavy (non-hydrogen) atoms. The molecule has 0 aliphatic heterocycles. The van der Waals surface area contributed by atoms with E-state index in [1.807, 2.05) is 44.3 Å². The summed E-state index contributed by atoms with van der Waals surface area (Å²) in [6.07, 6.45) is 2.76. The van der Waals surface area contributed by atoms with E-state index < -0.39 is 0 Å². The van der Waals surface area contributed by atoms with Crippen LogP contribution in [0.5, 0.6) is 0 Å². The van der Waals surface area contributed by atoms with E-state index in [2.05, 4.69) is 25.1 Å². The summed E-state index contributed by atoms with van der Waals surface area (Å²) in [5.41, 5.74) is 4.53. The zero-order chi connectivity index (χ0) is 13.5. The van der Waals surface area contributed by atoms with Gasteiger partial charge in [-0.2, -0.15) is 0 Å². The van der Waals surface area contributed by atoms with E-state index in [9.17, 15) is 0 Å². The van der Waals surface area contributed by atoms with Crippen LogP contribution in [-0.4, -0.2) is 12.8 Å². The Morgan fingerprint density at radius 1 is 1.11 bits per heavy atom. The first-order valence-electron chi connectivity index (χ1n) is 6.39. The van der Waals surface area contributed by atoms with Gasteiger partial charge in [0, 0.05) is 12.8 Å². The first-order valence-corrected chi connectivity index (χ1v) is 6.39. The molecular weight excluding hydrogens is 218 g/mol. The Morgan fingerprint density at radius 3 is 2.00 bits per heavy atom. The minimum Gasteiger partial charge on any atom is -0.297 e. The zero-order valence-electron chi connectivity index (χ0n) is 11.7. The number of aliphatic imine (C=N–C) groups is 1. The van der Waals surface area contributed by atoms with Gasteiger partial charge in [-0.15, -0.1) is 0 Å². The summed E-state index contributed by atoms with van der Waals surface area (Å²) in [6, 6.07) is 10.1. The standard InChI is InChI=1S/C11H12.C6H11N/c1-9(2)10(3)11-7-5-4-6-8-11;1-5(7-2)6-3-4-6/h4-8H,1,3H2,2H3;6H,3-4H2,1-2H3.